The Bertz CT molecular complexity index is 751. The average Bonchev–Trinajstić information content (AvgIpc) is 2.95. The van der Waals surface area contributed by atoms with Crippen LogP contribution in [0, 0.1) is 5.92 Å². The van der Waals surface area contributed by atoms with Crippen LogP contribution in [0.2, 0.25) is 0 Å². The quantitative estimate of drug-likeness (QED) is 0.747. The molecule has 1 aromatic rings. The summed E-state index contributed by atoms with van der Waals surface area (Å²) in [5, 5.41) is 0. The predicted octanol–water partition coefficient (Wildman–Crippen LogP) is 0.390. The molecule has 24 heavy (non-hydrogen) atoms. The van der Waals surface area contributed by atoms with Crippen molar-refractivity contribution in [3.05, 3.63) is 32.6 Å². The second kappa shape index (κ2) is 6.55. The van der Waals surface area contributed by atoms with Crippen molar-refractivity contribution in [3.63, 3.8) is 0 Å². The van der Waals surface area contributed by atoms with Gasteiger partial charge in [-0.3, -0.25) is 23.6 Å². The van der Waals surface area contributed by atoms with Crippen LogP contribution < -0.4 is 11.2 Å². The standard InChI is InChI=1S/C17H25N3O4/c1-18-12(9-15(21)19(2)17(18)23)10-20-13-7-5-4-6-11(13)8-14(20)16(22)24-3/h9,11,13-14H,4-8,10H2,1-3H3/t11-,13+,14-/m0/s1. The van der Waals surface area contributed by atoms with E-state index < -0.39 is 0 Å². The molecule has 0 unspecified atom stereocenters. The van der Waals surface area contributed by atoms with Crippen molar-refractivity contribution >= 4 is 5.97 Å². The maximum absolute atomic E-state index is 12.2. The van der Waals surface area contributed by atoms with Gasteiger partial charge < -0.3 is 4.74 Å². The molecule has 2 fully saturated rings. The number of ether oxygens (including phenoxy) is 1. The maximum atomic E-state index is 12.2. The number of carbonyl (C=O) groups excluding carboxylic acids is 1. The largest absolute Gasteiger partial charge is 0.468 e. The van der Waals surface area contributed by atoms with Crippen molar-refractivity contribution in [2.45, 2.75) is 50.7 Å². The highest BCUT2D eigenvalue weighted by atomic mass is 16.5. The van der Waals surface area contributed by atoms with Gasteiger partial charge in [-0.1, -0.05) is 12.8 Å². The number of aromatic nitrogens is 2. The molecule has 0 radical (unpaired) electrons. The summed E-state index contributed by atoms with van der Waals surface area (Å²) in [6.45, 7) is 0.419. The van der Waals surface area contributed by atoms with Gasteiger partial charge >= 0.3 is 11.7 Å². The number of fused-ring (bicyclic) bond motifs is 1. The lowest BCUT2D eigenvalue weighted by molar-refractivity contribution is -0.146. The zero-order chi connectivity index (χ0) is 17.4. The Hall–Kier alpha value is -1.89. The number of hydrogen-bond acceptors (Lipinski definition) is 5. The van der Waals surface area contributed by atoms with E-state index in [9.17, 15) is 14.4 Å². The Morgan fingerprint density at radius 1 is 1.21 bits per heavy atom. The number of hydrogen-bond donors (Lipinski definition) is 0. The fourth-order valence-electron chi connectivity index (χ4n) is 4.27. The normalized spacial score (nSPS) is 27.0. The monoisotopic (exact) mass is 335 g/mol. The van der Waals surface area contributed by atoms with Crippen LogP contribution in [0.15, 0.2) is 15.7 Å². The first-order valence-corrected chi connectivity index (χ1v) is 8.53. The van der Waals surface area contributed by atoms with Crippen LogP contribution in [-0.2, 0) is 30.2 Å². The molecule has 3 rings (SSSR count). The Labute approximate surface area is 140 Å². The van der Waals surface area contributed by atoms with Gasteiger partial charge in [0.05, 0.1) is 7.11 Å². The minimum Gasteiger partial charge on any atom is -0.468 e. The maximum Gasteiger partial charge on any atom is 0.330 e. The SMILES string of the molecule is COC(=O)[C@@H]1C[C@@H]2CCCC[C@H]2N1Cc1cc(=O)n(C)c(=O)n1C. The number of esters is 1. The van der Waals surface area contributed by atoms with E-state index in [2.05, 4.69) is 4.90 Å². The molecule has 1 saturated carbocycles. The van der Waals surface area contributed by atoms with Gasteiger partial charge in [0.25, 0.3) is 5.56 Å². The summed E-state index contributed by atoms with van der Waals surface area (Å²) in [6, 6.07) is 1.52. The van der Waals surface area contributed by atoms with E-state index >= 15 is 0 Å². The van der Waals surface area contributed by atoms with E-state index in [1.165, 1.54) is 31.2 Å². The summed E-state index contributed by atoms with van der Waals surface area (Å²) in [5.41, 5.74) is -0.0168. The van der Waals surface area contributed by atoms with Gasteiger partial charge in [0.2, 0.25) is 0 Å². The molecule has 1 aliphatic carbocycles. The van der Waals surface area contributed by atoms with Crippen LogP contribution in [0.25, 0.3) is 0 Å². The molecule has 132 valence electrons. The van der Waals surface area contributed by atoms with Gasteiger partial charge in [0, 0.05) is 38.4 Å². The van der Waals surface area contributed by atoms with Gasteiger partial charge in [-0.25, -0.2) is 4.79 Å². The number of nitrogens with zero attached hydrogens (tertiary/aromatic N) is 3. The van der Waals surface area contributed by atoms with E-state index in [1.807, 2.05) is 0 Å². The zero-order valence-electron chi connectivity index (χ0n) is 14.5. The van der Waals surface area contributed by atoms with Crippen molar-refractivity contribution in [1.29, 1.82) is 0 Å². The molecule has 0 aromatic carbocycles. The van der Waals surface area contributed by atoms with Crippen molar-refractivity contribution in [2.75, 3.05) is 7.11 Å². The van der Waals surface area contributed by atoms with E-state index in [0.29, 0.717) is 24.2 Å². The minimum absolute atomic E-state index is 0.224. The number of rotatable bonds is 3. The van der Waals surface area contributed by atoms with Crippen LogP contribution in [0.4, 0.5) is 0 Å². The summed E-state index contributed by atoms with van der Waals surface area (Å²) >= 11 is 0. The molecule has 7 heteroatoms. The van der Waals surface area contributed by atoms with Crippen LogP contribution in [0.5, 0.6) is 0 Å². The molecule has 2 heterocycles. The Balaban J connectivity index is 1.95. The lowest BCUT2D eigenvalue weighted by Gasteiger charge is -2.33. The molecular weight excluding hydrogens is 310 g/mol. The second-order valence-electron chi connectivity index (χ2n) is 6.93. The fraction of sp³-hybridized carbons (Fsp3) is 0.706. The highest BCUT2D eigenvalue weighted by Gasteiger charge is 2.45. The molecule has 0 bridgehead atoms. The van der Waals surface area contributed by atoms with E-state index in [0.717, 1.165) is 30.3 Å². The minimum atomic E-state index is -0.341. The molecule has 2 aliphatic rings. The van der Waals surface area contributed by atoms with E-state index in [1.54, 1.807) is 7.05 Å². The molecule has 1 aliphatic heterocycles. The van der Waals surface area contributed by atoms with Gasteiger partial charge in [0.15, 0.2) is 0 Å². The molecule has 0 amide bonds. The Kier molecular flexibility index (Phi) is 4.62. The molecule has 1 saturated heterocycles. The smallest absolute Gasteiger partial charge is 0.330 e. The van der Waals surface area contributed by atoms with Crippen molar-refractivity contribution < 1.29 is 9.53 Å². The summed E-state index contributed by atoms with van der Waals surface area (Å²) in [6.07, 6.45) is 5.34. The van der Waals surface area contributed by atoms with Crippen molar-refractivity contribution in [2.24, 2.45) is 20.0 Å². The number of carbonyl (C=O) groups is 1. The summed E-state index contributed by atoms with van der Waals surface area (Å²) in [4.78, 5) is 38.5. The average molecular weight is 335 g/mol. The van der Waals surface area contributed by atoms with Gasteiger partial charge in [-0.05, 0) is 25.2 Å². The van der Waals surface area contributed by atoms with Crippen molar-refractivity contribution in [1.82, 2.24) is 14.0 Å². The fourth-order valence-corrected chi connectivity index (χ4v) is 4.27. The highest BCUT2D eigenvalue weighted by Crippen LogP contribution is 2.40. The Morgan fingerprint density at radius 3 is 2.62 bits per heavy atom. The summed E-state index contributed by atoms with van der Waals surface area (Å²) < 4.78 is 7.57. The summed E-state index contributed by atoms with van der Waals surface area (Å²) in [5.74, 6) is 0.268. The second-order valence-corrected chi connectivity index (χ2v) is 6.93. The molecule has 0 spiro atoms. The molecule has 3 atom stereocenters. The molecular formula is C17H25N3O4. The first-order chi connectivity index (χ1) is 11.4. The first kappa shape index (κ1) is 17.0. The topological polar surface area (TPSA) is 73.5 Å². The van der Waals surface area contributed by atoms with Crippen LogP contribution in [0.3, 0.4) is 0 Å². The third-order valence-corrected chi connectivity index (χ3v) is 5.66. The molecule has 0 N–H and O–H groups in total. The van der Waals surface area contributed by atoms with E-state index in [-0.39, 0.29) is 23.3 Å². The summed E-state index contributed by atoms with van der Waals surface area (Å²) in [7, 11) is 4.55. The molecule has 1 aromatic heterocycles. The first-order valence-electron chi connectivity index (χ1n) is 8.53. The van der Waals surface area contributed by atoms with Crippen LogP contribution >= 0.6 is 0 Å². The highest BCUT2D eigenvalue weighted by molar-refractivity contribution is 5.76. The van der Waals surface area contributed by atoms with Crippen LogP contribution in [-0.4, -0.2) is 39.2 Å². The number of likely N-dealkylation sites (tertiary alicyclic amines) is 1. The van der Waals surface area contributed by atoms with Crippen LogP contribution in [0.1, 0.15) is 37.8 Å². The third-order valence-electron chi connectivity index (χ3n) is 5.66. The third kappa shape index (κ3) is 2.81. The van der Waals surface area contributed by atoms with E-state index in [4.69, 9.17) is 4.74 Å². The lowest BCUT2D eigenvalue weighted by Crippen LogP contribution is -2.45. The predicted molar refractivity (Wildman–Crippen MR) is 88.6 cm³/mol. The van der Waals surface area contributed by atoms with Gasteiger partial charge in [-0.2, -0.15) is 0 Å². The number of methoxy groups -OCH3 is 1. The molecule has 7 nitrogen and oxygen atoms in total. The zero-order valence-corrected chi connectivity index (χ0v) is 14.5. The Morgan fingerprint density at radius 2 is 1.92 bits per heavy atom. The van der Waals surface area contributed by atoms with Gasteiger partial charge in [-0.15, -0.1) is 0 Å². The lowest BCUT2D eigenvalue weighted by atomic mass is 9.85. The van der Waals surface area contributed by atoms with Gasteiger partial charge in [0.1, 0.15) is 6.04 Å². The van der Waals surface area contributed by atoms with Crippen molar-refractivity contribution in [3.8, 4) is 0 Å².